The Morgan fingerprint density at radius 3 is 2.78 bits per heavy atom. The summed E-state index contributed by atoms with van der Waals surface area (Å²) in [4.78, 5) is 29.6. The molecule has 0 saturated carbocycles. The van der Waals surface area contributed by atoms with E-state index in [2.05, 4.69) is 5.10 Å². The summed E-state index contributed by atoms with van der Waals surface area (Å²) in [6.07, 6.45) is 5.12. The fourth-order valence-corrected chi connectivity index (χ4v) is 4.16. The van der Waals surface area contributed by atoms with Crippen LogP contribution in [0.25, 0.3) is 0 Å². The van der Waals surface area contributed by atoms with Gasteiger partial charge in [0.05, 0.1) is 0 Å². The topological polar surface area (TPSA) is 76.9 Å². The van der Waals surface area contributed by atoms with Gasteiger partial charge in [0.1, 0.15) is 12.3 Å². The summed E-state index contributed by atoms with van der Waals surface area (Å²) >= 11 is 0. The third kappa shape index (κ3) is 4.50. The van der Waals surface area contributed by atoms with Gasteiger partial charge in [0.2, 0.25) is 5.91 Å². The number of carbonyl (C=O) groups excluding carboxylic acids is 2. The predicted octanol–water partition coefficient (Wildman–Crippen LogP) is 1.16. The smallest absolute Gasteiger partial charge is 0.272 e. The lowest BCUT2D eigenvalue weighted by Crippen LogP contribution is -2.57. The van der Waals surface area contributed by atoms with Crippen LogP contribution < -0.4 is 0 Å². The maximum atomic E-state index is 13.0. The Bertz CT molecular complexity index is 641. The summed E-state index contributed by atoms with van der Waals surface area (Å²) in [6.45, 7) is 5.32. The molecule has 0 spiro atoms. The average Bonchev–Trinajstić information content (AvgIpc) is 3.18. The summed E-state index contributed by atoms with van der Waals surface area (Å²) in [5, 5.41) is 4.20. The number of amides is 2. The molecule has 3 rings (SSSR count). The number of piperidine rings is 1. The third-order valence-electron chi connectivity index (χ3n) is 5.45. The predicted molar refractivity (Wildman–Crippen MR) is 99.4 cm³/mol. The van der Waals surface area contributed by atoms with Gasteiger partial charge in [-0.15, -0.1) is 0 Å². The fraction of sp³-hybridized carbons (Fsp3) is 0.737. The number of likely N-dealkylation sites (tertiary alicyclic amines) is 1. The maximum Gasteiger partial charge on any atom is 0.272 e. The van der Waals surface area contributed by atoms with Gasteiger partial charge in [-0.05, 0) is 38.7 Å². The lowest BCUT2D eigenvalue weighted by Gasteiger charge is -2.44. The van der Waals surface area contributed by atoms with Gasteiger partial charge in [0, 0.05) is 58.2 Å². The Morgan fingerprint density at radius 1 is 1.30 bits per heavy atom. The van der Waals surface area contributed by atoms with E-state index in [9.17, 15) is 9.59 Å². The monoisotopic (exact) mass is 378 g/mol. The molecule has 2 saturated heterocycles. The summed E-state index contributed by atoms with van der Waals surface area (Å²) in [5.74, 6) is -0.00698. The zero-order valence-electron chi connectivity index (χ0n) is 16.3. The largest absolute Gasteiger partial charge is 0.381 e. The minimum absolute atomic E-state index is 0.00213. The van der Waals surface area contributed by atoms with Crippen molar-refractivity contribution in [2.75, 3.05) is 40.0 Å². The van der Waals surface area contributed by atoms with Crippen molar-refractivity contribution in [2.24, 2.45) is 0 Å². The van der Waals surface area contributed by atoms with E-state index in [1.54, 1.807) is 24.1 Å². The third-order valence-corrected chi connectivity index (χ3v) is 5.45. The van der Waals surface area contributed by atoms with Gasteiger partial charge >= 0.3 is 0 Å². The summed E-state index contributed by atoms with van der Waals surface area (Å²) < 4.78 is 12.3. The van der Waals surface area contributed by atoms with Crippen LogP contribution in [-0.4, -0.2) is 83.5 Å². The molecule has 8 nitrogen and oxygen atoms in total. The van der Waals surface area contributed by atoms with Gasteiger partial charge in [-0.25, -0.2) is 0 Å². The summed E-state index contributed by atoms with van der Waals surface area (Å²) in [6, 6.07) is 1.94. The fourth-order valence-electron chi connectivity index (χ4n) is 4.16. The van der Waals surface area contributed by atoms with Gasteiger partial charge in [0.25, 0.3) is 5.91 Å². The molecule has 1 aromatic rings. The zero-order chi connectivity index (χ0) is 19.2. The number of aromatic nitrogens is 2. The lowest BCUT2D eigenvalue weighted by atomic mass is 9.98. The molecule has 3 heterocycles. The van der Waals surface area contributed by atoms with Crippen LogP contribution in [-0.2, 0) is 20.8 Å². The number of carbonyl (C=O) groups is 2. The zero-order valence-corrected chi connectivity index (χ0v) is 16.3. The molecule has 1 aromatic heterocycles. The molecule has 0 aromatic carbocycles. The molecule has 2 aliphatic heterocycles. The minimum atomic E-state index is -0.00910. The molecule has 150 valence electrons. The number of hydrogen-bond donors (Lipinski definition) is 0. The lowest BCUT2D eigenvalue weighted by molar-refractivity contribution is -0.143. The summed E-state index contributed by atoms with van der Waals surface area (Å²) in [7, 11) is 1.54. The van der Waals surface area contributed by atoms with Crippen LogP contribution in [0.2, 0.25) is 0 Å². The molecule has 0 radical (unpaired) electrons. The van der Waals surface area contributed by atoms with Gasteiger partial charge in [-0.1, -0.05) is 0 Å². The van der Waals surface area contributed by atoms with E-state index in [-0.39, 0.29) is 30.5 Å². The summed E-state index contributed by atoms with van der Waals surface area (Å²) in [5.41, 5.74) is 0.610. The quantitative estimate of drug-likeness (QED) is 0.742. The molecule has 0 bridgehead atoms. The van der Waals surface area contributed by atoms with Crippen LogP contribution in [0.3, 0.4) is 0 Å². The Balaban J connectivity index is 1.75. The highest BCUT2D eigenvalue weighted by Crippen LogP contribution is 2.24. The molecule has 2 amide bonds. The van der Waals surface area contributed by atoms with Crippen LogP contribution in [0.4, 0.5) is 0 Å². The molecule has 27 heavy (non-hydrogen) atoms. The molecule has 2 aliphatic rings. The first kappa shape index (κ1) is 19.8. The van der Waals surface area contributed by atoms with E-state index in [4.69, 9.17) is 9.47 Å². The Labute approximate surface area is 160 Å². The number of nitrogens with zero attached hydrogens (tertiary/aromatic N) is 4. The Kier molecular flexibility index (Phi) is 6.84. The van der Waals surface area contributed by atoms with Crippen molar-refractivity contribution in [3.05, 3.63) is 18.0 Å². The van der Waals surface area contributed by atoms with Crippen molar-refractivity contribution in [1.29, 1.82) is 0 Å². The first-order chi connectivity index (χ1) is 13.2. The van der Waals surface area contributed by atoms with Crippen LogP contribution in [0.5, 0.6) is 0 Å². The highest BCUT2D eigenvalue weighted by atomic mass is 16.5. The van der Waals surface area contributed by atoms with Gasteiger partial charge < -0.3 is 19.3 Å². The van der Waals surface area contributed by atoms with E-state index >= 15 is 0 Å². The minimum Gasteiger partial charge on any atom is -0.381 e. The van der Waals surface area contributed by atoms with Crippen molar-refractivity contribution in [3.63, 3.8) is 0 Å². The standard InChI is InChI=1S/C19H30N4O4/c1-3-22-17(6-9-20-22)19(25)21-10-4-5-16(13-21)23(18(24)14-26-2)15-7-11-27-12-8-15/h6,9,15-16H,3-5,7-8,10-14H2,1-2H3. The molecule has 8 heteroatoms. The van der Waals surface area contributed by atoms with E-state index in [1.807, 2.05) is 16.7 Å². The first-order valence-electron chi connectivity index (χ1n) is 9.84. The molecule has 0 aliphatic carbocycles. The second kappa shape index (κ2) is 9.32. The van der Waals surface area contributed by atoms with Crippen molar-refractivity contribution in [2.45, 2.75) is 51.2 Å². The molecule has 0 N–H and O–H groups in total. The number of rotatable bonds is 6. The SMILES string of the molecule is CCn1nccc1C(=O)N1CCCC(N(C(=O)COC)C2CCOCC2)C1. The normalized spacial score (nSPS) is 21.3. The number of hydrogen-bond acceptors (Lipinski definition) is 5. The van der Waals surface area contributed by atoms with Gasteiger partial charge in [-0.3, -0.25) is 14.3 Å². The number of ether oxygens (including phenoxy) is 2. The molecule has 1 unspecified atom stereocenters. The van der Waals surface area contributed by atoms with Crippen molar-refractivity contribution in [3.8, 4) is 0 Å². The van der Waals surface area contributed by atoms with E-state index < -0.39 is 0 Å². The van der Waals surface area contributed by atoms with Crippen molar-refractivity contribution >= 4 is 11.8 Å². The number of methoxy groups -OCH3 is 1. The second-order valence-corrected chi connectivity index (χ2v) is 7.16. The molecule has 2 fully saturated rings. The van der Waals surface area contributed by atoms with E-state index in [1.165, 1.54) is 0 Å². The first-order valence-corrected chi connectivity index (χ1v) is 9.84. The van der Waals surface area contributed by atoms with Gasteiger partial charge in [-0.2, -0.15) is 5.10 Å². The van der Waals surface area contributed by atoms with Crippen LogP contribution in [0, 0.1) is 0 Å². The van der Waals surface area contributed by atoms with Crippen molar-refractivity contribution < 1.29 is 19.1 Å². The Hall–Kier alpha value is -1.93. The van der Waals surface area contributed by atoms with Crippen LogP contribution >= 0.6 is 0 Å². The van der Waals surface area contributed by atoms with Crippen molar-refractivity contribution in [1.82, 2.24) is 19.6 Å². The van der Waals surface area contributed by atoms with E-state index in [0.29, 0.717) is 38.5 Å². The maximum absolute atomic E-state index is 13.0. The second-order valence-electron chi connectivity index (χ2n) is 7.16. The highest BCUT2D eigenvalue weighted by Gasteiger charge is 2.36. The molecular weight excluding hydrogens is 348 g/mol. The van der Waals surface area contributed by atoms with Gasteiger partial charge in [0.15, 0.2) is 0 Å². The Morgan fingerprint density at radius 2 is 2.07 bits per heavy atom. The van der Waals surface area contributed by atoms with Crippen LogP contribution in [0.15, 0.2) is 12.3 Å². The highest BCUT2D eigenvalue weighted by molar-refractivity contribution is 5.92. The van der Waals surface area contributed by atoms with Crippen LogP contribution in [0.1, 0.15) is 43.1 Å². The van der Waals surface area contributed by atoms with E-state index in [0.717, 1.165) is 25.7 Å². The number of aryl methyl sites for hydroxylation is 1. The molecule has 1 atom stereocenters. The molecular formula is C19H30N4O4. The average molecular weight is 378 g/mol.